The zero-order valence-electron chi connectivity index (χ0n) is 52.9. The normalized spacial score (nSPS) is 10.8. The molecule has 0 fully saturated rings. The molecule has 0 saturated carbocycles. The van der Waals surface area contributed by atoms with E-state index >= 15 is 0 Å². The second-order valence-electron chi connectivity index (χ2n) is 21.8. The summed E-state index contributed by atoms with van der Waals surface area (Å²) in [5, 5.41) is 215. The number of carbonyl (C=O) groups is 9. The highest BCUT2D eigenvalue weighted by Gasteiger charge is 2.30. The minimum Gasteiger partial charge on any atom is -0.504 e. The van der Waals surface area contributed by atoms with Crippen LogP contribution in [0.4, 0.5) is 0 Å². The van der Waals surface area contributed by atoms with Crippen LogP contribution in [0.15, 0.2) is 127 Å². The van der Waals surface area contributed by atoms with E-state index in [1.807, 2.05) is 0 Å². The lowest BCUT2D eigenvalue weighted by Crippen LogP contribution is -2.14. The highest BCUT2D eigenvalue weighted by molar-refractivity contribution is 6.01. The van der Waals surface area contributed by atoms with E-state index in [0.29, 0.717) is 127 Å². The molecule has 0 saturated heterocycles. The van der Waals surface area contributed by atoms with Crippen LogP contribution in [0.3, 0.4) is 0 Å². The molecule has 0 spiro atoms. The summed E-state index contributed by atoms with van der Waals surface area (Å²) in [6.07, 6.45) is 0. The molecular weight excluding hydrogens is 1450 g/mol. The van der Waals surface area contributed by atoms with Crippen LogP contribution in [-0.2, 0) is 0 Å². The van der Waals surface area contributed by atoms with Crippen molar-refractivity contribution in [3.05, 3.63) is 177 Å². The molecule has 0 aliphatic rings. The van der Waals surface area contributed by atoms with Crippen LogP contribution in [0.25, 0.3) is 0 Å². The Morgan fingerprint density at radius 3 is 0.398 bits per heavy atom. The summed E-state index contributed by atoms with van der Waals surface area (Å²) >= 11 is 0. The van der Waals surface area contributed by atoms with Gasteiger partial charge < -0.3 is 150 Å². The molecule has 0 radical (unpaired) electrons. The van der Waals surface area contributed by atoms with Crippen molar-refractivity contribution >= 4 is 53.7 Å². The Labute approximate surface area is 594 Å². The minimum atomic E-state index is -1.62. The Bertz CT molecular complexity index is 4920. The first kappa shape index (κ1) is 73.9. The SMILES string of the molecule is O=C(Oc1cc(OC(=O)c2cc(O)c(O)c(OC(=O)c3cc(O)c(O)c(OC(=O)c4cc(O)c(O)c(O)c4)c3)c2)cc(OC(=O)c2cc(O)c(O)c(OC(=O)c3cc(O)c(O)c(OC(=O)c4cc(O)c(O)c(O)c4)c3)c2)c1)c1cc(O)c(O)c(OC(=O)c2cc(O)c(O)c(OC(=O)c3cc(O)c(O)c(O)c3)c2)c1. The first-order valence-electron chi connectivity index (χ1n) is 29.1. The molecule has 0 aromatic heterocycles. The third-order valence-electron chi connectivity index (χ3n) is 14.4. The second kappa shape index (κ2) is 29.1. The van der Waals surface area contributed by atoms with E-state index in [2.05, 4.69) is 0 Å². The summed E-state index contributed by atoms with van der Waals surface area (Å²) in [5.41, 5.74) is -6.90. The van der Waals surface area contributed by atoms with Gasteiger partial charge in [0.2, 0.25) is 34.5 Å². The van der Waals surface area contributed by atoms with E-state index < -0.39 is 276 Å². The molecule has 10 aromatic rings. The van der Waals surface area contributed by atoms with Gasteiger partial charge in [-0.15, -0.1) is 0 Å². The van der Waals surface area contributed by atoms with Crippen molar-refractivity contribution in [2.45, 2.75) is 0 Å². The van der Waals surface area contributed by atoms with Crippen molar-refractivity contribution < 1.29 is 193 Å². The predicted molar refractivity (Wildman–Crippen MR) is 344 cm³/mol. The predicted octanol–water partition coefficient (Wildman–Crippen LogP) is 6.48. The fraction of sp³-hybridized carbons (Fsp3) is 0. The molecule has 10 aromatic carbocycles. The van der Waals surface area contributed by atoms with E-state index in [1.54, 1.807) is 0 Å². The molecule has 0 unspecified atom stereocenters. The summed E-state index contributed by atoms with van der Waals surface area (Å²) < 4.78 is 46.7. The maximum absolute atomic E-state index is 14.0. The number of hydrogen-bond donors (Lipinski definition) is 21. The van der Waals surface area contributed by atoms with Crippen molar-refractivity contribution in [2.24, 2.45) is 0 Å². The average molecular weight is 1500 g/mol. The Morgan fingerprint density at radius 1 is 0.148 bits per heavy atom. The van der Waals surface area contributed by atoms with Crippen LogP contribution in [0.2, 0.25) is 0 Å². The fourth-order valence-electron chi connectivity index (χ4n) is 9.07. The van der Waals surface area contributed by atoms with Crippen molar-refractivity contribution in [2.75, 3.05) is 0 Å². The van der Waals surface area contributed by atoms with Crippen LogP contribution in [0, 0.1) is 0 Å². The number of ether oxygens (including phenoxy) is 9. The molecular formula is C69H42O39. The lowest BCUT2D eigenvalue weighted by atomic mass is 10.1. The number of phenols is 21. The Hall–Kier alpha value is -16.8. The molecule has 0 aliphatic carbocycles. The van der Waals surface area contributed by atoms with Gasteiger partial charge in [-0.25, -0.2) is 43.2 Å². The van der Waals surface area contributed by atoms with Gasteiger partial charge in [-0.1, -0.05) is 0 Å². The van der Waals surface area contributed by atoms with Crippen LogP contribution < -0.4 is 42.6 Å². The number of aromatic hydroxyl groups is 21. The van der Waals surface area contributed by atoms with Crippen molar-refractivity contribution in [3.63, 3.8) is 0 Å². The van der Waals surface area contributed by atoms with E-state index in [1.165, 1.54) is 0 Å². The monoisotopic (exact) mass is 1490 g/mol. The van der Waals surface area contributed by atoms with Gasteiger partial charge in [0.1, 0.15) is 17.2 Å². The molecule has 0 heterocycles. The van der Waals surface area contributed by atoms with Gasteiger partial charge >= 0.3 is 53.7 Å². The number of carbonyl (C=O) groups excluding carboxylic acids is 9. The molecule has 0 amide bonds. The quantitative estimate of drug-likeness (QED) is 0.0248. The third kappa shape index (κ3) is 15.6. The number of benzene rings is 10. The zero-order valence-corrected chi connectivity index (χ0v) is 52.9. The van der Waals surface area contributed by atoms with Crippen molar-refractivity contribution in [1.29, 1.82) is 0 Å². The summed E-state index contributed by atoms with van der Waals surface area (Å²) in [6.45, 7) is 0. The number of rotatable bonds is 18. The van der Waals surface area contributed by atoms with Gasteiger partial charge in [-0.2, -0.15) is 0 Å². The van der Waals surface area contributed by atoms with Crippen LogP contribution >= 0.6 is 0 Å². The largest absolute Gasteiger partial charge is 0.504 e. The lowest BCUT2D eigenvalue weighted by Gasteiger charge is -2.14. The van der Waals surface area contributed by atoms with E-state index in [4.69, 9.17) is 42.6 Å². The Balaban J connectivity index is 0.935. The summed E-state index contributed by atoms with van der Waals surface area (Å²) in [6, 6.07) is 12.3. The van der Waals surface area contributed by atoms with Gasteiger partial charge in [-0.3, -0.25) is 0 Å². The Morgan fingerprint density at radius 2 is 0.259 bits per heavy atom. The van der Waals surface area contributed by atoms with Gasteiger partial charge in [-0.05, 0) is 109 Å². The minimum absolute atomic E-state index is 0.516. The summed E-state index contributed by atoms with van der Waals surface area (Å²) in [7, 11) is 0. The topological polar surface area (TPSA) is 662 Å². The molecule has 108 heavy (non-hydrogen) atoms. The Kier molecular flexibility index (Phi) is 19.9. The zero-order chi connectivity index (χ0) is 78.9. The van der Waals surface area contributed by atoms with Gasteiger partial charge in [0.25, 0.3) is 0 Å². The number of esters is 9. The first-order valence-corrected chi connectivity index (χ1v) is 29.1. The standard InChI is InChI=1S/C69H42O39/c70-34-1-22(2-35(71)52(34)82)64(94)103-49-16-28(10-43(79)58(49)88)67(97)106-46-13-25(7-40(76)55(46)85)61(91)100-31-19-32(101-62(92)26-8-41(77)56(86)47(14-26)107-68(98)29-11-44(80)59(89)50(17-29)104-65(95)23-3-36(72)53(83)37(73)4-23)21-33(20-31)102-63(93)27-9-42(78)57(87)48(15-27)108-69(99)30-12-45(81)60(90)51(18-30)105-66(96)24-5-38(74)54(84)39(75)6-24/h1-21,70-90H. The van der Waals surface area contributed by atoms with Crippen molar-refractivity contribution in [3.8, 4) is 172 Å². The van der Waals surface area contributed by atoms with E-state index in [0.717, 1.165) is 0 Å². The molecule has 0 bridgehead atoms. The maximum Gasteiger partial charge on any atom is 0.343 e. The van der Waals surface area contributed by atoms with E-state index in [9.17, 15) is 150 Å². The molecule has 39 nitrogen and oxygen atoms in total. The molecule has 0 atom stereocenters. The van der Waals surface area contributed by atoms with Gasteiger partial charge in [0.05, 0.1) is 50.1 Å². The fourth-order valence-corrected chi connectivity index (χ4v) is 9.07. The maximum atomic E-state index is 14.0. The highest BCUT2D eigenvalue weighted by Crippen LogP contribution is 2.47. The van der Waals surface area contributed by atoms with Crippen LogP contribution in [0.5, 0.6) is 172 Å². The number of hydrogen-bond acceptors (Lipinski definition) is 39. The molecule has 39 heteroatoms. The summed E-state index contributed by atoms with van der Waals surface area (Å²) in [4.78, 5) is 121. The van der Waals surface area contributed by atoms with Crippen LogP contribution in [-0.4, -0.2) is 161 Å². The second-order valence-corrected chi connectivity index (χ2v) is 21.8. The first-order chi connectivity index (χ1) is 50.8. The molecule has 10 rings (SSSR count). The molecule has 552 valence electrons. The summed E-state index contributed by atoms with van der Waals surface area (Å²) in [5.74, 6) is -46.4. The molecule has 0 aliphatic heterocycles. The van der Waals surface area contributed by atoms with Crippen molar-refractivity contribution in [1.82, 2.24) is 0 Å². The smallest absolute Gasteiger partial charge is 0.343 e. The van der Waals surface area contributed by atoms with Gasteiger partial charge in [0, 0.05) is 18.2 Å². The average Bonchev–Trinajstić information content (AvgIpc) is 0.807. The lowest BCUT2D eigenvalue weighted by molar-refractivity contribution is 0.0697. The van der Waals surface area contributed by atoms with Gasteiger partial charge in [0.15, 0.2) is 121 Å². The highest BCUT2D eigenvalue weighted by atomic mass is 16.6. The number of phenolic OH excluding ortho intramolecular Hbond substituents is 21. The van der Waals surface area contributed by atoms with Crippen LogP contribution in [0.1, 0.15) is 93.2 Å². The van der Waals surface area contributed by atoms with E-state index in [-0.39, 0.29) is 0 Å². The molecule has 21 N–H and O–H groups in total. The third-order valence-corrected chi connectivity index (χ3v) is 14.4.